The highest BCUT2D eigenvalue weighted by Gasteiger charge is 2.59. The number of aromatic nitrogens is 4. The molecule has 166 valence electrons. The van der Waals surface area contributed by atoms with E-state index < -0.39 is 0 Å². The maximum Gasteiger partial charge on any atom is 0.307 e. The molecule has 4 saturated carbocycles. The molecule has 2 aromatic rings. The molecule has 1 N–H and O–H groups in total. The van der Waals surface area contributed by atoms with Crippen molar-refractivity contribution in [2.75, 3.05) is 6.54 Å². The Morgan fingerprint density at radius 3 is 2.65 bits per heavy atom. The summed E-state index contributed by atoms with van der Waals surface area (Å²) >= 11 is 3.39. The van der Waals surface area contributed by atoms with Gasteiger partial charge in [-0.1, -0.05) is 0 Å². The summed E-state index contributed by atoms with van der Waals surface area (Å²) in [4.78, 5) is 23.6. The predicted molar refractivity (Wildman–Crippen MR) is 116 cm³/mol. The number of carbonyl (C=O) groups excluding carboxylic acids is 1. The molecule has 31 heavy (non-hydrogen) atoms. The Hall–Kier alpha value is -2.23. The Bertz CT molecular complexity index is 987. The lowest BCUT2D eigenvalue weighted by Crippen LogP contribution is -2.57. The van der Waals surface area contributed by atoms with Crippen LogP contribution in [0.15, 0.2) is 29.3 Å². The minimum Gasteiger partial charge on any atom is -0.356 e. The maximum absolute atomic E-state index is 12.8. The van der Waals surface area contributed by atoms with Crippen LogP contribution in [0.25, 0.3) is 0 Å². The standard InChI is InChI=1S/C21H27BrN6O3/c22-17-10-24-26(12-17)3-1-2-23-19(29)9-20-5-15-4-16(6-20)8-21(7-15,14-20)27-13-18(11-25-27)28(30)31/h10-13,15-16H,1-9,14H2,(H,23,29). The summed E-state index contributed by atoms with van der Waals surface area (Å²) < 4.78 is 4.68. The minimum absolute atomic E-state index is 0.0122. The zero-order valence-electron chi connectivity index (χ0n) is 17.4. The van der Waals surface area contributed by atoms with Crippen LogP contribution in [0.1, 0.15) is 51.4 Å². The van der Waals surface area contributed by atoms with Crippen molar-refractivity contribution in [1.82, 2.24) is 24.9 Å². The van der Waals surface area contributed by atoms with Crippen molar-refractivity contribution >= 4 is 27.5 Å². The van der Waals surface area contributed by atoms with Gasteiger partial charge in [-0.3, -0.25) is 24.3 Å². The van der Waals surface area contributed by atoms with Crippen molar-refractivity contribution < 1.29 is 9.72 Å². The second-order valence-corrected chi connectivity index (χ2v) is 10.8. The number of aryl methyl sites for hydroxylation is 1. The molecule has 4 bridgehead atoms. The van der Waals surface area contributed by atoms with Crippen molar-refractivity contribution in [3.63, 3.8) is 0 Å². The largest absolute Gasteiger partial charge is 0.356 e. The molecule has 0 aromatic carbocycles. The summed E-state index contributed by atoms with van der Waals surface area (Å²) in [6, 6.07) is 0. The minimum atomic E-state index is -0.380. The first-order chi connectivity index (χ1) is 14.8. The van der Waals surface area contributed by atoms with Gasteiger partial charge in [0.25, 0.3) is 0 Å². The molecule has 0 radical (unpaired) electrons. The van der Waals surface area contributed by atoms with Crippen molar-refractivity contribution in [1.29, 1.82) is 0 Å². The molecule has 2 unspecified atom stereocenters. The Morgan fingerprint density at radius 2 is 2.00 bits per heavy atom. The van der Waals surface area contributed by atoms with E-state index in [-0.39, 0.29) is 27.5 Å². The van der Waals surface area contributed by atoms with Crippen LogP contribution >= 0.6 is 15.9 Å². The van der Waals surface area contributed by atoms with Gasteiger partial charge < -0.3 is 5.32 Å². The Labute approximate surface area is 188 Å². The second-order valence-electron chi connectivity index (χ2n) is 9.89. The van der Waals surface area contributed by atoms with E-state index in [0.29, 0.717) is 24.8 Å². The molecule has 2 heterocycles. The van der Waals surface area contributed by atoms with E-state index >= 15 is 0 Å². The van der Waals surface area contributed by atoms with Gasteiger partial charge in [0, 0.05) is 25.7 Å². The van der Waals surface area contributed by atoms with Crippen LogP contribution in [-0.2, 0) is 16.9 Å². The van der Waals surface area contributed by atoms with Gasteiger partial charge in [0.05, 0.1) is 21.1 Å². The van der Waals surface area contributed by atoms with Gasteiger partial charge in [-0.2, -0.15) is 10.2 Å². The number of carbonyl (C=O) groups is 1. The Kier molecular flexibility index (Phi) is 5.15. The number of rotatable bonds is 8. The van der Waals surface area contributed by atoms with Crippen LogP contribution in [0, 0.1) is 27.4 Å². The number of hydrogen-bond acceptors (Lipinski definition) is 5. The monoisotopic (exact) mass is 490 g/mol. The molecule has 0 spiro atoms. The molecule has 10 heteroatoms. The topological polar surface area (TPSA) is 108 Å². The van der Waals surface area contributed by atoms with Gasteiger partial charge in [0.15, 0.2) is 0 Å². The van der Waals surface area contributed by atoms with Gasteiger partial charge >= 0.3 is 5.69 Å². The third-order valence-corrected chi connectivity index (χ3v) is 7.85. The van der Waals surface area contributed by atoms with E-state index in [9.17, 15) is 14.9 Å². The van der Waals surface area contributed by atoms with Crippen LogP contribution in [0.2, 0.25) is 0 Å². The molecule has 4 fully saturated rings. The molecule has 6 rings (SSSR count). The first-order valence-corrected chi connectivity index (χ1v) is 11.8. The maximum atomic E-state index is 12.8. The average molecular weight is 491 g/mol. The van der Waals surface area contributed by atoms with Gasteiger partial charge in [-0.15, -0.1) is 0 Å². The third kappa shape index (κ3) is 4.02. The van der Waals surface area contributed by atoms with Crippen LogP contribution in [0.3, 0.4) is 0 Å². The van der Waals surface area contributed by atoms with E-state index in [0.717, 1.165) is 49.5 Å². The smallest absolute Gasteiger partial charge is 0.307 e. The van der Waals surface area contributed by atoms with E-state index in [1.54, 1.807) is 12.4 Å². The van der Waals surface area contributed by atoms with E-state index in [1.807, 2.05) is 15.6 Å². The SMILES string of the molecule is O=C(CC12CC3CC(C1)CC(n1cc([N+](=O)[O-])cn1)(C3)C2)NCCCn1cc(Br)cn1. The first kappa shape index (κ1) is 20.7. The van der Waals surface area contributed by atoms with Gasteiger partial charge in [0.2, 0.25) is 5.91 Å². The summed E-state index contributed by atoms with van der Waals surface area (Å²) in [6.07, 6.45) is 14.3. The molecule has 0 aliphatic heterocycles. The number of hydrogen-bond donors (Lipinski definition) is 1. The van der Waals surface area contributed by atoms with Crippen LogP contribution in [0.5, 0.6) is 0 Å². The number of amides is 1. The predicted octanol–water partition coefficient (Wildman–Crippen LogP) is 3.64. The summed E-state index contributed by atoms with van der Waals surface area (Å²) in [5.41, 5.74) is -0.139. The highest BCUT2D eigenvalue weighted by molar-refractivity contribution is 9.10. The third-order valence-electron chi connectivity index (χ3n) is 7.44. The van der Waals surface area contributed by atoms with E-state index in [2.05, 4.69) is 31.4 Å². The number of halogens is 1. The first-order valence-electron chi connectivity index (χ1n) is 11.0. The fourth-order valence-electron chi connectivity index (χ4n) is 6.88. The zero-order valence-corrected chi connectivity index (χ0v) is 19.0. The van der Waals surface area contributed by atoms with E-state index in [4.69, 9.17) is 0 Å². The summed E-state index contributed by atoms with van der Waals surface area (Å²) in [7, 11) is 0. The van der Waals surface area contributed by atoms with Crippen LogP contribution in [-0.4, -0.2) is 36.9 Å². The molecule has 1 amide bonds. The van der Waals surface area contributed by atoms with Crippen LogP contribution < -0.4 is 5.32 Å². The van der Waals surface area contributed by atoms with Crippen molar-refractivity contribution in [3.8, 4) is 0 Å². The van der Waals surface area contributed by atoms with Crippen molar-refractivity contribution in [3.05, 3.63) is 39.4 Å². The summed E-state index contributed by atoms with van der Waals surface area (Å²) in [5, 5.41) is 22.9. The van der Waals surface area contributed by atoms with Gasteiger partial charge in [0.1, 0.15) is 12.4 Å². The van der Waals surface area contributed by atoms with E-state index in [1.165, 1.54) is 12.6 Å². The van der Waals surface area contributed by atoms with Crippen LogP contribution in [0.4, 0.5) is 5.69 Å². The zero-order chi connectivity index (χ0) is 21.6. The van der Waals surface area contributed by atoms with Crippen molar-refractivity contribution in [2.24, 2.45) is 17.3 Å². The van der Waals surface area contributed by atoms with Gasteiger partial charge in [-0.05, 0) is 78.1 Å². The highest BCUT2D eigenvalue weighted by atomic mass is 79.9. The molecule has 0 saturated heterocycles. The Morgan fingerprint density at radius 1 is 1.23 bits per heavy atom. The lowest BCUT2D eigenvalue weighted by atomic mass is 9.46. The number of nitrogens with zero attached hydrogens (tertiary/aromatic N) is 5. The highest BCUT2D eigenvalue weighted by Crippen LogP contribution is 2.65. The fourth-order valence-corrected chi connectivity index (χ4v) is 7.20. The quantitative estimate of drug-likeness (QED) is 0.345. The lowest BCUT2D eigenvalue weighted by molar-refractivity contribution is -0.385. The number of nitrogens with one attached hydrogen (secondary N) is 1. The molecular weight excluding hydrogens is 464 g/mol. The normalized spacial score (nSPS) is 31.1. The number of nitro groups is 1. The molecule has 4 aliphatic rings. The van der Waals surface area contributed by atoms with Gasteiger partial charge in [-0.25, -0.2) is 0 Å². The average Bonchev–Trinajstić information content (AvgIpc) is 3.33. The summed E-state index contributed by atoms with van der Waals surface area (Å²) in [6.45, 7) is 1.40. The van der Waals surface area contributed by atoms with Crippen molar-refractivity contribution in [2.45, 2.75) is 63.5 Å². The molecule has 2 atom stereocenters. The molecule has 4 aliphatic carbocycles. The summed E-state index contributed by atoms with van der Waals surface area (Å²) in [5.74, 6) is 1.27. The Balaban J connectivity index is 1.23. The molecule has 2 aromatic heterocycles. The fraction of sp³-hybridized carbons (Fsp3) is 0.667. The molecule has 9 nitrogen and oxygen atoms in total. The second kappa shape index (κ2) is 7.72. The molecular formula is C21H27BrN6O3. The lowest BCUT2D eigenvalue weighted by Gasteiger charge is -2.61.